The molecule has 0 atom stereocenters. The Morgan fingerprint density at radius 3 is 2.65 bits per heavy atom. The van der Waals surface area contributed by atoms with E-state index >= 15 is 0 Å². The fourth-order valence-electron chi connectivity index (χ4n) is 1.64. The van der Waals surface area contributed by atoms with Gasteiger partial charge in [-0.25, -0.2) is 0 Å². The molecule has 20 heavy (non-hydrogen) atoms. The molecule has 0 amide bonds. The zero-order valence-electron chi connectivity index (χ0n) is 10.8. The second-order valence-corrected chi connectivity index (χ2v) is 4.66. The first-order valence-electron chi connectivity index (χ1n) is 5.65. The first kappa shape index (κ1) is 14.0. The minimum Gasteiger partial charge on any atom is -0.496 e. The van der Waals surface area contributed by atoms with Crippen LogP contribution in [0.3, 0.4) is 0 Å². The molecular formula is C11H12N4O4S. The molecule has 0 aliphatic carbocycles. The van der Waals surface area contributed by atoms with Crippen molar-refractivity contribution in [1.82, 2.24) is 10.2 Å². The maximum atomic E-state index is 11.1. The van der Waals surface area contributed by atoms with Crippen LogP contribution in [-0.2, 0) is 0 Å². The number of nitrogens with two attached hydrogens (primary N) is 1. The molecule has 0 saturated heterocycles. The molecule has 1 aromatic heterocycles. The van der Waals surface area contributed by atoms with Crippen molar-refractivity contribution in [1.29, 1.82) is 0 Å². The fourth-order valence-corrected chi connectivity index (χ4v) is 2.27. The topological polar surface area (TPSA) is 113 Å². The Kier molecular flexibility index (Phi) is 3.99. The van der Waals surface area contributed by atoms with E-state index in [1.165, 1.54) is 19.2 Å². The molecule has 2 aromatic rings. The van der Waals surface area contributed by atoms with Crippen molar-refractivity contribution in [3.63, 3.8) is 0 Å². The van der Waals surface area contributed by atoms with Crippen molar-refractivity contribution in [2.45, 2.75) is 6.92 Å². The predicted octanol–water partition coefficient (Wildman–Crippen LogP) is 2.10. The van der Waals surface area contributed by atoms with E-state index in [0.717, 1.165) is 11.3 Å². The number of hydrogen-bond donors (Lipinski definition) is 1. The summed E-state index contributed by atoms with van der Waals surface area (Å²) in [5, 5.41) is 19.4. The van der Waals surface area contributed by atoms with Crippen LogP contribution in [0.1, 0.15) is 6.92 Å². The Balaban J connectivity index is 2.61. The molecule has 0 radical (unpaired) electrons. The average Bonchev–Trinajstić information content (AvgIpc) is 2.84. The van der Waals surface area contributed by atoms with Crippen LogP contribution in [0.4, 0.5) is 10.8 Å². The van der Waals surface area contributed by atoms with E-state index in [1.54, 1.807) is 6.92 Å². The Hall–Kier alpha value is -2.42. The van der Waals surface area contributed by atoms with Gasteiger partial charge in [0.1, 0.15) is 5.75 Å². The van der Waals surface area contributed by atoms with Crippen molar-refractivity contribution in [3.8, 4) is 22.1 Å². The highest BCUT2D eigenvalue weighted by Gasteiger charge is 2.22. The standard InChI is InChI=1S/C11H12N4O4S/c1-3-19-9-5-8(18-2)6(4-7(9)15(16)17)10-13-14-11(12)20-10/h4-5H,3H2,1-2H3,(H2,12,14). The number of anilines is 1. The second-order valence-electron chi connectivity index (χ2n) is 3.66. The van der Waals surface area contributed by atoms with Crippen LogP contribution in [0.2, 0.25) is 0 Å². The van der Waals surface area contributed by atoms with Crippen molar-refractivity contribution in [2.75, 3.05) is 19.5 Å². The Morgan fingerprint density at radius 1 is 1.40 bits per heavy atom. The first-order valence-corrected chi connectivity index (χ1v) is 6.47. The SMILES string of the molecule is CCOc1cc(OC)c(-c2nnc(N)s2)cc1[N+](=O)[O-]. The molecule has 0 spiro atoms. The maximum absolute atomic E-state index is 11.1. The van der Waals surface area contributed by atoms with E-state index in [9.17, 15) is 10.1 Å². The van der Waals surface area contributed by atoms with E-state index in [4.69, 9.17) is 15.2 Å². The Morgan fingerprint density at radius 2 is 2.15 bits per heavy atom. The molecule has 1 heterocycles. The van der Waals surface area contributed by atoms with E-state index < -0.39 is 4.92 Å². The van der Waals surface area contributed by atoms with Gasteiger partial charge in [0.25, 0.3) is 0 Å². The summed E-state index contributed by atoms with van der Waals surface area (Å²) < 4.78 is 10.5. The van der Waals surface area contributed by atoms with Crippen LogP contribution in [0, 0.1) is 10.1 Å². The minimum absolute atomic E-state index is 0.149. The highest BCUT2D eigenvalue weighted by molar-refractivity contribution is 7.18. The summed E-state index contributed by atoms with van der Waals surface area (Å²) in [6.07, 6.45) is 0. The molecule has 0 aliphatic rings. The molecule has 0 saturated carbocycles. The number of benzene rings is 1. The lowest BCUT2D eigenvalue weighted by Crippen LogP contribution is -1.99. The van der Waals surface area contributed by atoms with Crippen LogP contribution >= 0.6 is 11.3 Å². The lowest BCUT2D eigenvalue weighted by Gasteiger charge is -2.09. The number of nitrogens with zero attached hydrogens (tertiary/aromatic N) is 3. The van der Waals surface area contributed by atoms with E-state index in [0.29, 0.717) is 22.9 Å². The Bertz CT molecular complexity index is 643. The summed E-state index contributed by atoms with van der Waals surface area (Å²) in [5.74, 6) is 0.561. The summed E-state index contributed by atoms with van der Waals surface area (Å²) in [5.41, 5.74) is 5.83. The number of methoxy groups -OCH3 is 1. The van der Waals surface area contributed by atoms with Crippen molar-refractivity contribution in [2.24, 2.45) is 0 Å². The van der Waals surface area contributed by atoms with Crippen LogP contribution in [0.15, 0.2) is 12.1 Å². The molecule has 1 aromatic carbocycles. The quantitative estimate of drug-likeness (QED) is 0.663. The third-order valence-electron chi connectivity index (χ3n) is 2.45. The average molecular weight is 296 g/mol. The Labute approximate surface area is 118 Å². The monoisotopic (exact) mass is 296 g/mol. The van der Waals surface area contributed by atoms with E-state index in [-0.39, 0.29) is 16.6 Å². The summed E-state index contributed by atoms with van der Waals surface area (Å²) in [7, 11) is 1.46. The van der Waals surface area contributed by atoms with Gasteiger partial charge in [-0.2, -0.15) is 0 Å². The number of rotatable bonds is 5. The van der Waals surface area contributed by atoms with Gasteiger partial charge in [-0.05, 0) is 6.92 Å². The largest absolute Gasteiger partial charge is 0.496 e. The molecular weight excluding hydrogens is 284 g/mol. The highest BCUT2D eigenvalue weighted by Crippen LogP contribution is 2.41. The smallest absolute Gasteiger partial charge is 0.311 e. The van der Waals surface area contributed by atoms with E-state index in [1.807, 2.05) is 0 Å². The van der Waals surface area contributed by atoms with Crippen molar-refractivity contribution in [3.05, 3.63) is 22.2 Å². The number of nitro groups is 1. The van der Waals surface area contributed by atoms with Gasteiger partial charge in [-0.15, -0.1) is 10.2 Å². The summed E-state index contributed by atoms with van der Waals surface area (Å²) in [6.45, 7) is 2.06. The first-order chi connectivity index (χ1) is 9.56. The lowest BCUT2D eigenvalue weighted by atomic mass is 10.1. The molecule has 0 unspecified atom stereocenters. The number of nitro benzene ring substituents is 1. The van der Waals surface area contributed by atoms with Gasteiger partial charge in [-0.3, -0.25) is 10.1 Å². The minimum atomic E-state index is -0.516. The fraction of sp³-hybridized carbons (Fsp3) is 0.273. The van der Waals surface area contributed by atoms with Crippen LogP contribution < -0.4 is 15.2 Å². The molecule has 2 N–H and O–H groups in total. The van der Waals surface area contributed by atoms with Gasteiger partial charge in [0.05, 0.1) is 24.2 Å². The van der Waals surface area contributed by atoms with Crippen molar-refractivity contribution >= 4 is 22.2 Å². The number of ether oxygens (including phenoxy) is 2. The third-order valence-corrected chi connectivity index (χ3v) is 3.23. The molecule has 0 aliphatic heterocycles. The molecule has 2 rings (SSSR count). The normalized spacial score (nSPS) is 10.3. The maximum Gasteiger partial charge on any atom is 0.311 e. The predicted molar refractivity (Wildman–Crippen MR) is 74.1 cm³/mol. The number of aromatic nitrogens is 2. The molecule has 8 nitrogen and oxygen atoms in total. The summed E-state index contributed by atoms with van der Waals surface area (Å²) in [4.78, 5) is 10.6. The second kappa shape index (κ2) is 5.70. The van der Waals surface area contributed by atoms with E-state index in [2.05, 4.69) is 10.2 Å². The zero-order valence-corrected chi connectivity index (χ0v) is 11.6. The molecule has 0 fully saturated rings. The molecule has 106 valence electrons. The van der Waals surface area contributed by atoms with Gasteiger partial charge in [0.15, 0.2) is 5.01 Å². The zero-order chi connectivity index (χ0) is 14.7. The van der Waals surface area contributed by atoms with Gasteiger partial charge in [0, 0.05) is 12.1 Å². The summed E-state index contributed by atoms with van der Waals surface area (Å²) in [6, 6.07) is 2.82. The van der Waals surface area contributed by atoms with Crippen LogP contribution in [0.25, 0.3) is 10.6 Å². The molecule has 0 bridgehead atoms. The highest BCUT2D eigenvalue weighted by atomic mass is 32.1. The van der Waals surface area contributed by atoms with Crippen LogP contribution in [0.5, 0.6) is 11.5 Å². The molecule has 9 heteroatoms. The number of hydrogen-bond acceptors (Lipinski definition) is 8. The van der Waals surface area contributed by atoms with Gasteiger partial charge in [0.2, 0.25) is 10.9 Å². The third kappa shape index (κ3) is 2.62. The number of nitrogen functional groups attached to an aromatic ring is 1. The van der Waals surface area contributed by atoms with Gasteiger partial charge >= 0.3 is 5.69 Å². The van der Waals surface area contributed by atoms with Crippen molar-refractivity contribution < 1.29 is 14.4 Å². The van der Waals surface area contributed by atoms with Gasteiger partial charge < -0.3 is 15.2 Å². The summed E-state index contributed by atoms with van der Waals surface area (Å²) >= 11 is 1.12. The lowest BCUT2D eigenvalue weighted by molar-refractivity contribution is -0.385. The van der Waals surface area contributed by atoms with Gasteiger partial charge in [-0.1, -0.05) is 11.3 Å². The van der Waals surface area contributed by atoms with Crippen LogP contribution in [-0.4, -0.2) is 28.8 Å².